The van der Waals surface area contributed by atoms with E-state index >= 15 is 0 Å². The molecule has 0 amide bonds. The van der Waals surface area contributed by atoms with Gasteiger partial charge < -0.3 is 5.73 Å². The van der Waals surface area contributed by atoms with Crippen molar-refractivity contribution in [2.24, 2.45) is 5.73 Å². The minimum absolute atomic E-state index is 0.475. The van der Waals surface area contributed by atoms with Crippen LogP contribution >= 0.6 is 11.3 Å². The minimum Gasteiger partial charge on any atom is -0.320 e. The Labute approximate surface area is 107 Å². The molecule has 0 radical (unpaired) electrons. The van der Waals surface area contributed by atoms with Crippen LogP contribution in [0.1, 0.15) is 27.6 Å². The van der Waals surface area contributed by atoms with Crippen LogP contribution in [0.5, 0.6) is 0 Å². The van der Waals surface area contributed by atoms with Crippen LogP contribution in [0.3, 0.4) is 0 Å². The SMILES string of the molecule is Cc1cc(C(N)c2cccc(C(F)(F)F)c2)cs1. The van der Waals surface area contributed by atoms with E-state index in [0.29, 0.717) is 5.56 Å². The van der Waals surface area contributed by atoms with E-state index in [4.69, 9.17) is 5.73 Å². The molecule has 5 heteroatoms. The van der Waals surface area contributed by atoms with Crippen molar-refractivity contribution in [2.45, 2.75) is 19.1 Å². The van der Waals surface area contributed by atoms with Gasteiger partial charge in [-0.3, -0.25) is 0 Å². The number of aryl methyl sites for hydroxylation is 1. The minimum atomic E-state index is -4.33. The van der Waals surface area contributed by atoms with Gasteiger partial charge >= 0.3 is 6.18 Å². The molecular weight excluding hydrogens is 259 g/mol. The molecule has 0 bridgehead atoms. The number of alkyl halides is 3. The Morgan fingerprint density at radius 3 is 2.44 bits per heavy atom. The molecule has 0 saturated heterocycles. The lowest BCUT2D eigenvalue weighted by molar-refractivity contribution is -0.137. The first-order valence-corrected chi connectivity index (χ1v) is 6.23. The van der Waals surface area contributed by atoms with Crippen molar-refractivity contribution >= 4 is 11.3 Å². The van der Waals surface area contributed by atoms with Crippen molar-refractivity contribution in [1.82, 2.24) is 0 Å². The van der Waals surface area contributed by atoms with Crippen LogP contribution in [-0.4, -0.2) is 0 Å². The summed E-state index contributed by atoms with van der Waals surface area (Å²) in [6.45, 7) is 1.94. The summed E-state index contributed by atoms with van der Waals surface area (Å²) in [6, 6.07) is 6.55. The number of nitrogens with two attached hydrogens (primary N) is 1. The number of rotatable bonds is 2. The summed E-state index contributed by atoms with van der Waals surface area (Å²) in [5.41, 5.74) is 6.64. The van der Waals surface area contributed by atoms with E-state index in [2.05, 4.69) is 0 Å². The predicted molar refractivity (Wildman–Crippen MR) is 66.5 cm³/mol. The Balaban J connectivity index is 2.34. The molecule has 0 aliphatic carbocycles. The van der Waals surface area contributed by atoms with Crippen molar-refractivity contribution in [3.8, 4) is 0 Å². The average molecular weight is 271 g/mol. The summed E-state index contributed by atoms with van der Waals surface area (Å²) in [7, 11) is 0. The number of benzene rings is 1. The zero-order valence-corrected chi connectivity index (χ0v) is 10.5. The van der Waals surface area contributed by atoms with Crippen LogP contribution in [0.2, 0.25) is 0 Å². The third kappa shape index (κ3) is 2.73. The molecule has 1 aromatic heterocycles. The number of halogens is 3. The van der Waals surface area contributed by atoms with Crippen LogP contribution in [-0.2, 0) is 6.18 Å². The molecule has 2 rings (SSSR count). The number of hydrogen-bond donors (Lipinski definition) is 1. The average Bonchev–Trinajstić information content (AvgIpc) is 2.74. The van der Waals surface area contributed by atoms with Crippen LogP contribution in [0.25, 0.3) is 0 Å². The van der Waals surface area contributed by atoms with Crippen molar-refractivity contribution in [3.05, 3.63) is 57.3 Å². The first kappa shape index (κ1) is 13.1. The van der Waals surface area contributed by atoms with Gasteiger partial charge in [0.1, 0.15) is 0 Å². The lowest BCUT2D eigenvalue weighted by Crippen LogP contribution is -2.13. The summed E-state index contributed by atoms with van der Waals surface area (Å²) in [4.78, 5) is 1.09. The van der Waals surface area contributed by atoms with Gasteiger partial charge in [0.25, 0.3) is 0 Å². The fourth-order valence-electron chi connectivity index (χ4n) is 1.73. The van der Waals surface area contributed by atoms with E-state index in [1.165, 1.54) is 17.4 Å². The quantitative estimate of drug-likeness (QED) is 0.873. The maximum Gasteiger partial charge on any atom is 0.416 e. The molecule has 0 aliphatic heterocycles. The van der Waals surface area contributed by atoms with Crippen molar-refractivity contribution in [2.75, 3.05) is 0 Å². The van der Waals surface area contributed by atoms with Crippen LogP contribution < -0.4 is 5.73 Å². The molecule has 1 aromatic carbocycles. The highest BCUT2D eigenvalue weighted by molar-refractivity contribution is 7.10. The third-order valence-electron chi connectivity index (χ3n) is 2.68. The molecule has 1 nitrogen and oxygen atoms in total. The molecule has 0 aliphatic rings. The molecule has 1 atom stereocenters. The van der Waals surface area contributed by atoms with Crippen LogP contribution in [0.4, 0.5) is 13.2 Å². The maximum atomic E-state index is 12.6. The molecule has 0 spiro atoms. The lowest BCUT2D eigenvalue weighted by Gasteiger charge is -2.13. The van der Waals surface area contributed by atoms with Crippen molar-refractivity contribution < 1.29 is 13.2 Å². The highest BCUT2D eigenvalue weighted by atomic mass is 32.1. The Bertz CT molecular complexity index is 545. The van der Waals surface area contributed by atoms with Gasteiger partial charge in [-0.15, -0.1) is 11.3 Å². The lowest BCUT2D eigenvalue weighted by atomic mass is 10.00. The Morgan fingerprint density at radius 1 is 1.17 bits per heavy atom. The third-order valence-corrected chi connectivity index (χ3v) is 3.56. The molecule has 18 heavy (non-hydrogen) atoms. The fourth-order valence-corrected chi connectivity index (χ4v) is 2.47. The monoisotopic (exact) mass is 271 g/mol. The topological polar surface area (TPSA) is 26.0 Å². The predicted octanol–water partition coefficient (Wildman–Crippen LogP) is 4.12. The van der Waals surface area contributed by atoms with Gasteiger partial charge in [0.05, 0.1) is 11.6 Å². The van der Waals surface area contributed by atoms with Crippen LogP contribution in [0.15, 0.2) is 35.7 Å². The van der Waals surface area contributed by atoms with E-state index in [0.717, 1.165) is 22.6 Å². The maximum absolute atomic E-state index is 12.6. The van der Waals surface area contributed by atoms with Crippen molar-refractivity contribution in [1.29, 1.82) is 0 Å². The van der Waals surface area contributed by atoms with Crippen molar-refractivity contribution in [3.63, 3.8) is 0 Å². The summed E-state index contributed by atoms with van der Waals surface area (Å²) >= 11 is 1.53. The normalized spacial score (nSPS) is 13.6. The van der Waals surface area contributed by atoms with Gasteiger partial charge in [-0.05, 0) is 41.6 Å². The van der Waals surface area contributed by atoms with Gasteiger partial charge in [0, 0.05) is 4.88 Å². The van der Waals surface area contributed by atoms with Gasteiger partial charge in [0.2, 0.25) is 0 Å². The smallest absolute Gasteiger partial charge is 0.320 e. The highest BCUT2D eigenvalue weighted by Gasteiger charge is 2.30. The van der Waals surface area contributed by atoms with Crippen LogP contribution in [0, 0.1) is 6.92 Å². The standard InChI is InChI=1S/C13H12F3NS/c1-8-5-10(7-18-8)12(17)9-3-2-4-11(6-9)13(14,15)16/h2-7,12H,17H2,1H3. The first-order valence-electron chi connectivity index (χ1n) is 5.35. The molecule has 1 unspecified atom stereocenters. The molecule has 2 N–H and O–H groups in total. The van der Waals surface area contributed by atoms with E-state index in [-0.39, 0.29) is 0 Å². The largest absolute Gasteiger partial charge is 0.416 e. The molecule has 0 saturated carbocycles. The highest BCUT2D eigenvalue weighted by Crippen LogP contribution is 2.32. The second-order valence-electron chi connectivity index (χ2n) is 4.09. The van der Waals surface area contributed by atoms with Gasteiger partial charge in [-0.2, -0.15) is 13.2 Å². The van der Waals surface area contributed by atoms with Gasteiger partial charge in [-0.25, -0.2) is 0 Å². The zero-order chi connectivity index (χ0) is 13.3. The Kier molecular flexibility index (Phi) is 3.45. The molecule has 2 aromatic rings. The first-order chi connectivity index (χ1) is 8.38. The Morgan fingerprint density at radius 2 is 1.89 bits per heavy atom. The number of thiophene rings is 1. The summed E-state index contributed by atoms with van der Waals surface area (Å²) < 4.78 is 37.8. The van der Waals surface area contributed by atoms with Gasteiger partial charge in [0.15, 0.2) is 0 Å². The molecular formula is C13H12F3NS. The zero-order valence-electron chi connectivity index (χ0n) is 9.66. The second-order valence-corrected chi connectivity index (χ2v) is 5.21. The molecule has 96 valence electrons. The fraction of sp³-hybridized carbons (Fsp3) is 0.231. The Hall–Kier alpha value is -1.33. The molecule has 0 fully saturated rings. The van der Waals surface area contributed by atoms with E-state index in [1.807, 2.05) is 18.4 Å². The second kappa shape index (κ2) is 4.74. The van der Waals surface area contributed by atoms with E-state index < -0.39 is 17.8 Å². The van der Waals surface area contributed by atoms with E-state index in [1.54, 1.807) is 6.07 Å². The van der Waals surface area contributed by atoms with E-state index in [9.17, 15) is 13.2 Å². The molecule has 1 heterocycles. The van der Waals surface area contributed by atoms with Gasteiger partial charge in [-0.1, -0.05) is 12.1 Å². The summed E-state index contributed by atoms with van der Waals surface area (Å²) in [6.07, 6.45) is -4.33. The number of hydrogen-bond acceptors (Lipinski definition) is 2. The summed E-state index contributed by atoms with van der Waals surface area (Å²) in [5, 5.41) is 1.88. The summed E-state index contributed by atoms with van der Waals surface area (Å²) in [5.74, 6) is 0.